The fraction of sp³-hybridized carbons (Fsp3) is 0.211. The first-order chi connectivity index (χ1) is 13.2. The first-order valence-electron chi connectivity index (χ1n) is 8.11. The monoisotopic (exact) mass is 384 g/mol. The lowest BCUT2D eigenvalue weighted by atomic mass is 10.2. The average Bonchev–Trinajstić information content (AvgIpc) is 3.14. The maximum absolute atomic E-state index is 5.51. The highest BCUT2D eigenvalue weighted by atomic mass is 32.2. The van der Waals surface area contributed by atoms with Gasteiger partial charge < -0.3 is 14.2 Å². The van der Waals surface area contributed by atoms with Crippen LogP contribution in [0.25, 0.3) is 11.4 Å². The Labute approximate surface area is 162 Å². The summed E-state index contributed by atoms with van der Waals surface area (Å²) in [6, 6.07) is 13.5. The predicted molar refractivity (Wildman–Crippen MR) is 106 cm³/mol. The number of nitrogens with zero attached hydrogens (tertiary/aromatic N) is 4. The minimum absolute atomic E-state index is 0.515. The highest BCUT2D eigenvalue weighted by Crippen LogP contribution is 2.39. The molecule has 0 aliphatic carbocycles. The summed E-state index contributed by atoms with van der Waals surface area (Å²) in [6.07, 6.45) is 3.62. The molecule has 0 saturated heterocycles. The zero-order chi connectivity index (χ0) is 19.2. The van der Waals surface area contributed by atoms with Gasteiger partial charge in [-0.3, -0.25) is 0 Å². The van der Waals surface area contributed by atoms with E-state index in [0.29, 0.717) is 28.2 Å². The molecule has 7 nitrogen and oxygen atoms in total. The van der Waals surface area contributed by atoms with Crippen LogP contribution in [-0.2, 0) is 0 Å². The molecular weight excluding hydrogens is 364 g/mol. The van der Waals surface area contributed by atoms with Gasteiger partial charge in [0, 0.05) is 11.1 Å². The first kappa shape index (κ1) is 18.8. The minimum atomic E-state index is 0.515. The Morgan fingerprint density at radius 2 is 1.67 bits per heavy atom. The predicted octanol–water partition coefficient (Wildman–Crippen LogP) is 3.58. The number of hydrogen-bond donors (Lipinski definition) is 0. The van der Waals surface area contributed by atoms with Gasteiger partial charge in [-0.2, -0.15) is 9.78 Å². The van der Waals surface area contributed by atoms with Gasteiger partial charge in [0.2, 0.25) is 10.9 Å². The Hall–Kier alpha value is -3.00. The van der Waals surface area contributed by atoms with Crippen molar-refractivity contribution in [2.75, 3.05) is 27.6 Å². The third-order valence-electron chi connectivity index (χ3n) is 3.87. The second kappa shape index (κ2) is 8.59. The molecule has 1 aromatic heterocycles. The van der Waals surface area contributed by atoms with Gasteiger partial charge in [0.05, 0.1) is 27.5 Å². The fourth-order valence-corrected chi connectivity index (χ4v) is 3.04. The maximum Gasteiger partial charge on any atom is 0.212 e. The molecule has 0 saturated carbocycles. The summed E-state index contributed by atoms with van der Waals surface area (Å²) in [5.41, 5.74) is 1.68. The highest BCUT2D eigenvalue weighted by molar-refractivity contribution is 7.98. The summed E-state index contributed by atoms with van der Waals surface area (Å²) in [5.74, 6) is 2.31. The Morgan fingerprint density at radius 3 is 2.30 bits per heavy atom. The molecule has 140 valence electrons. The highest BCUT2D eigenvalue weighted by Gasteiger charge is 2.16. The van der Waals surface area contributed by atoms with Crippen LogP contribution in [0.15, 0.2) is 52.7 Å². The number of thioether (sulfide) groups is 1. The van der Waals surface area contributed by atoms with Crippen molar-refractivity contribution in [3.8, 4) is 28.6 Å². The smallest absolute Gasteiger partial charge is 0.212 e. The number of rotatable bonds is 7. The van der Waals surface area contributed by atoms with Gasteiger partial charge in [-0.05, 0) is 18.4 Å². The van der Waals surface area contributed by atoms with Crippen molar-refractivity contribution in [1.82, 2.24) is 14.9 Å². The summed E-state index contributed by atoms with van der Waals surface area (Å²) in [7, 11) is 4.73. The van der Waals surface area contributed by atoms with E-state index >= 15 is 0 Å². The van der Waals surface area contributed by atoms with Gasteiger partial charge in [-0.25, -0.2) is 0 Å². The molecule has 0 atom stereocenters. The van der Waals surface area contributed by atoms with Gasteiger partial charge in [0.25, 0.3) is 0 Å². The van der Waals surface area contributed by atoms with Gasteiger partial charge in [-0.1, -0.05) is 42.1 Å². The van der Waals surface area contributed by atoms with Gasteiger partial charge >= 0.3 is 0 Å². The molecule has 0 aliphatic heterocycles. The van der Waals surface area contributed by atoms with Crippen LogP contribution in [0, 0.1) is 0 Å². The molecule has 0 fully saturated rings. The molecule has 0 spiro atoms. The second-order valence-corrected chi connectivity index (χ2v) is 6.13. The molecule has 0 amide bonds. The summed E-state index contributed by atoms with van der Waals surface area (Å²) in [6.45, 7) is 0. The van der Waals surface area contributed by atoms with E-state index in [9.17, 15) is 0 Å². The molecule has 3 rings (SSSR count). The standard InChI is InChI=1S/C19H20N4O3S/c1-24-15-11-10-14(16(25-2)17(15)26-3)12-20-23-18(21-22-19(23)27-4)13-8-6-5-7-9-13/h5-12H,1-4H3. The van der Waals surface area contributed by atoms with E-state index in [1.807, 2.05) is 48.7 Å². The van der Waals surface area contributed by atoms with Crippen molar-refractivity contribution in [2.45, 2.75) is 5.16 Å². The molecule has 27 heavy (non-hydrogen) atoms. The summed E-state index contributed by atoms with van der Waals surface area (Å²) >= 11 is 1.47. The molecule has 0 unspecified atom stereocenters. The Morgan fingerprint density at radius 1 is 0.926 bits per heavy atom. The van der Waals surface area contributed by atoms with E-state index in [4.69, 9.17) is 14.2 Å². The molecular formula is C19H20N4O3S. The molecule has 1 heterocycles. The lowest BCUT2D eigenvalue weighted by Crippen LogP contribution is -2.00. The van der Waals surface area contributed by atoms with Crippen LogP contribution >= 0.6 is 11.8 Å². The quantitative estimate of drug-likeness (QED) is 0.458. The summed E-state index contributed by atoms with van der Waals surface area (Å²) < 4.78 is 18.0. The first-order valence-corrected chi connectivity index (χ1v) is 9.34. The van der Waals surface area contributed by atoms with Crippen molar-refractivity contribution in [1.29, 1.82) is 0 Å². The molecule has 0 bridgehead atoms. The van der Waals surface area contributed by atoms with E-state index in [1.165, 1.54) is 11.8 Å². The summed E-state index contributed by atoms with van der Waals surface area (Å²) in [5, 5.41) is 13.8. The number of hydrogen-bond acceptors (Lipinski definition) is 7. The van der Waals surface area contributed by atoms with Crippen LogP contribution in [0.1, 0.15) is 5.56 Å². The lowest BCUT2D eigenvalue weighted by Gasteiger charge is -2.13. The Bertz CT molecular complexity index is 942. The van der Waals surface area contributed by atoms with Crippen molar-refractivity contribution in [2.24, 2.45) is 5.10 Å². The van der Waals surface area contributed by atoms with Gasteiger partial charge in [0.1, 0.15) is 0 Å². The molecule has 8 heteroatoms. The Kier molecular flexibility index (Phi) is 5.97. The SMILES string of the molecule is COc1ccc(C=Nn2c(SC)nnc2-c2ccccc2)c(OC)c1OC. The van der Waals surface area contributed by atoms with E-state index in [-0.39, 0.29) is 0 Å². The van der Waals surface area contributed by atoms with Crippen LogP contribution in [-0.4, -0.2) is 48.7 Å². The van der Waals surface area contributed by atoms with Crippen molar-refractivity contribution < 1.29 is 14.2 Å². The number of methoxy groups -OCH3 is 3. The Balaban J connectivity index is 2.06. The molecule has 0 N–H and O–H groups in total. The van der Waals surface area contributed by atoms with Crippen LogP contribution in [0.4, 0.5) is 0 Å². The largest absolute Gasteiger partial charge is 0.493 e. The number of benzene rings is 2. The minimum Gasteiger partial charge on any atom is -0.493 e. The van der Waals surface area contributed by atoms with Crippen LogP contribution < -0.4 is 14.2 Å². The molecule has 3 aromatic rings. The van der Waals surface area contributed by atoms with E-state index in [0.717, 1.165) is 11.1 Å². The lowest BCUT2D eigenvalue weighted by molar-refractivity contribution is 0.324. The third-order valence-corrected chi connectivity index (χ3v) is 4.49. The zero-order valence-electron chi connectivity index (χ0n) is 15.5. The maximum atomic E-state index is 5.51. The average molecular weight is 384 g/mol. The van der Waals surface area contributed by atoms with Crippen LogP contribution in [0.2, 0.25) is 0 Å². The fourth-order valence-electron chi connectivity index (χ4n) is 2.61. The topological polar surface area (TPSA) is 70.8 Å². The second-order valence-electron chi connectivity index (χ2n) is 5.36. The molecule has 0 aliphatic rings. The van der Waals surface area contributed by atoms with Crippen molar-refractivity contribution in [3.05, 3.63) is 48.0 Å². The van der Waals surface area contributed by atoms with Crippen molar-refractivity contribution in [3.63, 3.8) is 0 Å². The third kappa shape index (κ3) is 3.75. The van der Waals surface area contributed by atoms with E-state index in [2.05, 4.69) is 15.3 Å². The van der Waals surface area contributed by atoms with E-state index < -0.39 is 0 Å². The van der Waals surface area contributed by atoms with Gasteiger partial charge in [0.15, 0.2) is 17.3 Å². The van der Waals surface area contributed by atoms with E-state index in [1.54, 1.807) is 32.2 Å². The summed E-state index contributed by atoms with van der Waals surface area (Å²) in [4.78, 5) is 0. The number of ether oxygens (including phenoxy) is 3. The molecule has 2 aromatic carbocycles. The van der Waals surface area contributed by atoms with Crippen LogP contribution in [0.3, 0.4) is 0 Å². The molecule has 0 radical (unpaired) electrons. The van der Waals surface area contributed by atoms with Crippen LogP contribution in [0.5, 0.6) is 17.2 Å². The van der Waals surface area contributed by atoms with Crippen molar-refractivity contribution >= 4 is 18.0 Å². The normalized spacial score (nSPS) is 11.0. The number of aromatic nitrogens is 3. The zero-order valence-corrected chi connectivity index (χ0v) is 16.4. The van der Waals surface area contributed by atoms with Gasteiger partial charge in [-0.15, -0.1) is 10.2 Å².